The highest BCUT2D eigenvalue weighted by Gasteiger charge is 2.15. The van der Waals surface area contributed by atoms with Gasteiger partial charge < -0.3 is 14.6 Å². The number of rotatable bonds is 6. The first-order valence-electron chi connectivity index (χ1n) is 9.55. The van der Waals surface area contributed by atoms with E-state index in [2.05, 4.69) is 0 Å². The fourth-order valence-corrected chi connectivity index (χ4v) is 3.40. The van der Waals surface area contributed by atoms with Crippen LogP contribution in [0.3, 0.4) is 0 Å². The van der Waals surface area contributed by atoms with Crippen molar-refractivity contribution in [1.82, 2.24) is 4.98 Å². The van der Waals surface area contributed by atoms with E-state index in [1.165, 1.54) is 0 Å². The maximum atomic E-state index is 11.8. The van der Waals surface area contributed by atoms with Crippen molar-refractivity contribution < 1.29 is 19.4 Å². The number of methoxy groups -OCH3 is 1. The molecular weight excluding hydrogens is 378 g/mol. The van der Waals surface area contributed by atoms with E-state index in [1.807, 2.05) is 67.6 Å². The number of hydrogen-bond acceptors (Lipinski definition) is 4. The first-order chi connectivity index (χ1) is 14.6. The number of aryl methyl sites for hydroxylation is 1. The van der Waals surface area contributed by atoms with E-state index < -0.39 is 5.97 Å². The van der Waals surface area contributed by atoms with Crippen LogP contribution in [0.2, 0.25) is 0 Å². The van der Waals surface area contributed by atoms with Crippen LogP contribution in [0.4, 0.5) is 0 Å². The predicted octanol–water partition coefficient (Wildman–Crippen LogP) is 5.50. The third-order valence-corrected chi connectivity index (χ3v) is 4.97. The normalized spacial score (nSPS) is 10.7. The molecule has 1 N–H and O–H groups in total. The second-order valence-corrected chi connectivity index (χ2v) is 6.97. The van der Waals surface area contributed by atoms with Gasteiger partial charge in [0, 0.05) is 10.9 Å². The molecular formula is C25H21NO4. The van der Waals surface area contributed by atoms with E-state index in [9.17, 15) is 9.90 Å². The van der Waals surface area contributed by atoms with Gasteiger partial charge in [-0.2, -0.15) is 0 Å². The number of pyridine rings is 1. The summed E-state index contributed by atoms with van der Waals surface area (Å²) in [7, 11) is 1.58. The van der Waals surface area contributed by atoms with E-state index in [4.69, 9.17) is 14.5 Å². The van der Waals surface area contributed by atoms with Crippen molar-refractivity contribution in [2.45, 2.75) is 13.5 Å². The lowest BCUT2D eigenvalue weighted by molar-refractivity contribution is 0.0699. The minimum Gasteiger partial charge on any atom is -0.493 e. The van der Waals surface area contributed by atoms with Crippen LogP contribution in [0.25, 0.3) is 22.2 Å². The Morgan fingerprint density at radius 2 is 1.77 bits per heavy atom. The van der Waals surface area contributed by atoms with Crippen molar-refractivity contribution in [3.8, 4) is 22.8 Å². The van der Waals surface area contributed by atoms with E-state index in [0.29, 0.717) is 34.7 Å². The summed E-state index contributed by atoms with van der Waals surface area (Å²) in [5.41, 5.74) is 4.21. The van der Waals surface area contributed by atoms with Gasteiger partial charge in [-0.15, -0.1) is 0 Å². The van der Waals surface area contributed by atoms with Crippen molar-refractivity contribution in [3.63, 3.8) is 0 Å². The summed E-state index contributed by atoms with van der Waals surface area (Å²) in [4.78, 5) is 16.6. The molecule has 0 aliphatic heterocycles. The van der Waals surface area contributed by atoms with Crippen molar-refractivity contribution in [1.29, 1.82) is 0 Å². The average molecular weight is 399 g/mol. The highest BCUT2D eigenvalue weighted by atomic mass is 16.5. The van der Waals surface area contributed by atoms with Gasteiger partial charge in [-0.25, -0.2) is 9.78 Å². The van der Waals surface area contributed by atoms with Crippen LogP contribution in [0.1, 0.15) is 21.5 Å². The van der Waals surface area contributed by atoms with Crippen LogP contribution < -0.4 is 9.47 Å². The Morgan fingerprint density at radius 3 is 2.50 bits per heavy atom. The molecule has 5 heteroatoms. The molecule has 0 bridgehead atoms. The average Bonchev–Trinajstić information content (AvgIpc) is 2.78. The highest BCUT2D eigenvalue weighted by Crippen LogP contribution is 2.34. The van der Waals surface area contributed by atoms with Gasteiger partial charge in [0.15, 0.2) is 11.5 Å². The highest BCUT2D eigenvalue weighted by molar-refractivity contribution is 6.04. The summed E-state index contributed by atoms with van der Waals surface area (Å²) in [6.07, 6.45) is 0. The topological polar surface area (TPSA) is 68.7 Å². The first kappa shape index (κ1) is 19.5. The fourth-order valence-electron chi connectivity index (χ4n) is 3.40. The number of hydrogen-bond donors (Lipinski definition) is 1. The van der Waals surface area contributed by atoms with Crippen molar-refractivity contribution in [3.05, 3.63) is 89.5 Å². The number of carboxylic acid groups (broad SMARTS) is 1. The predicted molar refractivity (Wildman–Crippen MR) is 116 cm³/mol. The van der Waals surface area contributed by atoms with Gasteiger partial charge in [0.1, 0.15) is 6.61 Å². The molecule has 1 heterocycles. The molecule has 0 aliphatic carbocycles. The van der Waals surface area contributed by atoms with E-state index in [-0.39, 0.29) is 5.56 Å². The summed E-state index contributed by atoms with van der Waals surface area (Å²) in [5.74, 6) is 0.191. The summed E-state index contributed by atoms with van der Waals surface area (Å²) in [6, 6.07) is 22.5. The van der Waals surface area contributed by atoms with Crippen molar-refractivity contribution in [2.24, 2.45) is 0 Å². The molecule has 30 heavy (non-hydrogen) atoms. The van der Waals surface area contributed by atoms with Crippen LogP contribution in [0, 0.1) is 6.92 Å². The number of benzene rings is 3. The maximum absolute atomic E-state index is 11.8. The minimum atomic E-state index is -0.982. The van der Waals surface area contributed by atoms with E-state index in [0.717, 1.165) is 16.7 Å². The Labute approximate surface area is 174 Å². The van der Waals surface area contributed by atoms with Gasteiger partial charge in [-0.05, 0) is 42.3 Å². The Kier molecular flexibility index (Phi) is 5.35. The SMILES string of the molecule is COc1cc(-c2cc(C(=O)O)c3cccc(C)c3n2)ccc1OCc1ccccc1. The first-order valence-corrected chi connectivity index (χ1v) is 9.55. The molecule has 0 amide bonds. The molecule has 0 radical (unpaired) electrons. The number of aromatic carboxylic acids is 1. The molecule has 0 aliphatic rings. The van der Waals surface area contributed by atoms with Gasteiger partial charge in [0.05, 0.1) is 23.9 Å². The number of carboxylic acids is 1. The second kappa shape index (κ2) is 8.25. The van der Waals surface area contributed by atoms with Crippen molar-refractivity contribution in [2.75, 3.05) is 7.11 Å². The summed E-state index contributed by atoms with van der Waals surface area (Å²) < 4.78 is 11.4. The van der Waals surface area contributed by atoms with Gasteiger partial charge >= 0.3 is 5.97 Å². The van der Waals surface area contributed by atoms with E-state index in [1.54, 1.807) is 19.2 Å². The molecule has 150 valence electrons. The molecule has 0 atom stereocenters. The number of ether oxygens (including phenoxy) is 2. The zero-order chi connectivity index (χ0) is 21.1. The number of para-hydroxylation sites is 1. The largest absolute Gasteiger partial charge is 0.493 e. The number of carbonyl (C=O) groups is 1. The third kappa shape index (κ3) is 3.82. The minimum absolute atomic E-state index is 0.224. The zero-order valence-electron chi connectivity index (χ0n) is 16.8. The molecule has 3 aromatic carbocycles. The molecule has 0 fully saturated rings. The zero-order valence-corrected chi connectivity index (χ0v) is 16.8. The van der Waals surface area contributed by atoms with Crippen LogP contribution in [-0.2, 0) is 6.61 Å². The third-order valence-electron chi connectivity index (χ3n) is 4.97. The quantitative estimate of drug-likeness (QED) is 0.464. The fraction of sp³-hybridized carbons (Fsp3) is 0.120. The van der Waals surface area contributed by atoms with Crippen molar-refractivity contribution >= 4 is 16.9 Å². The Hall–Kier alpha value is -3.86. The molecule has 0 spiro atoms. The second-order valence-electron chi connectivity index (χ2n) is 6.97. The molecule has 4 rings (SSSR count). The van der Waals surface area contributed by atoms with Crippen LogP contribution in [-0.4, -0.2) is 23.2 Å². The van der Waals surface area contributed by atoms with Crippen LogP contribution in [0.5, 0.6) is 11.5 Å². The Morgan fingerprint density at radius 1 is 0.967 bits per heavy atom. The van der Waals surface area contributed by atoms with Gasteiger partial charge in [-0.1, -0.05) is 48.5 Å². The van der Waals surface area contributed by atoms with E-state index >= 15 is 0 Å². The Bertz CT molecular complexity index is 1220. The molecule has 4 aromatic rings. The Balaban J connectivity index is 1.73. The molecule has 1 aromatic heterocycles. The number of aromatic nitrogens is 1. The maximum Gasteiger partial charge on any atom is 0.336 e. The van der Waals surface area contributed by atoms with Gasteiger partial charge in [0.25, 0.3) is 0 Å². The summed E-state index contributed by atoms with van der Waals surface area (Å²) >= 11 is 0. The summed E-state index contributed by atoms with van der Waals surface area (Å²) in [5, 5.41) is 10.3. The lowest BCUT2D eigenvalue weighted by Gasteiger charge is -2.13. The lowest BCUT2D eigenvalue weighted by atomic mass is 10.0. The standard InChI is InChI=1S/C25H21NO4/c1-16-7-6-10-19-20(25(27)28)14-21(26-24(16)19)18-11-12-22(23(13-18)29-2)30-15-17-8-4-3-5-9-17/h3-14H,15H2,1-2H3,(H,27,28). The molecule has 0 saturated carbocycles. The number of nitrogens with zero attached hydrogens (tertiary/aromatic N) is 1. The molecule has 5 nitrogen and oxygen atoms in total. The molecule has 0 unspecified atom stereocenters. The van der Waals surface area contributed by atoms with Crippen LogP contribution in [0.15, 0.2) is 72.8 Å². The monoisotopic (exact) mass is 399 g/mol. The lowest BCUT2D eigenvalue weighted by Crippen LogP contribution is -2.01. The summed E-state index contributed by atoms with van der Waals surface area (Å²) in [6.45, 7) is 2.35. The van der Waals surface area contributed by atoms with Crippen LogP contribution >= 0.6 is 0 Å². The van der Waals surface area contributed by atoms with Gasteiger partial charge in [0.2, 0.25) is 0 Å². The smallest absolute Gasteiger partial charge is 0.336 e. The molecule has 0 saturated heterocycles. The van der Waals surface area contributed by atoms with Gasteiger partial charge in [-0.3, -0.25) is 0 Å². The number of fused-ring (bicyclic) bond motifs is 1.